The van der Waals surface area contributed by atoms with Crippen LogP contribution in [0.25, 0.3) is 10.9 Å². The van der Waals surface area contributed by atoms with Crippen LogP contribution in [0.3, 0.4) is 0 Å². The van der Waals surface area contributed by atoms with Crippen molar-refractivity contribution in [1.29, 1.82) is 0 Å². The highest BCUT2D eigenvalue weighted by Gasteiger charge is 2.26. The average molecular weight is 319 g/mol. The molecule has 1 aliphatic heterocycles. The summed E-state index contributed by atoms with van der Waals surface area (Å²) in [7, 11) is 0. The van der Waals surface area contributed by atoms with Gasteiger partial charge in [0.05, 0.1) is 5.56 Å². The smallest absolute Gasteiger partial charge is 0.255 e. The maximum atomic E-state index is 12.6. The lowest BCUT2D eigenvalue weighted by atomic mass is 9.89. The SMILES string of the molecule is Cc1ccc(C(=O)N2CCC(c3c[nH]c4ccccc34)CC2)cn1. The van der Waals surface area contributed by atoms with Crippen LogP contribution in [0, 0.1) is 6.92 Å². The van der Waals surface area contributed by atoms with E-state index in [1.165, 1.54) is 16.5 Å². The number of hydrogen-bond donors (Lipinski definition) is 1. The highest BCUT2D eigenvalue weighted by Crippen LogP contribution is 2.33. The number of carbonyl (C=O) groups is 1. The van der Waals surface area contributed by atoms with Gasteiger partial charge in [-0.05, 0) is 49.4 Å². The van der Waals surface area contributed by atoms with E-state index >= 15 is 0 Å². The summed E-state index contributed by atoms with van der Waals surface area (Å²) in [5.41, 5.74) is 4.20. The van der Waals surface area contributed by atoms with E-state index in [-0.39, 0.29) is 5.91 Å². The minimum atomic E-state index is 0.0971. The fourth-order valence-electron chi connectivity index (χ4n) is 3.60. The Bertz CT molecular complexity index is 858. The summed E-state index contributed by atoms with van der Waals surface area (Å²) in [5, 5.41) is 1.31. The molecule has 122 valence electrons. The monoisotopic (exact) mass is 319 g/mol. The van der Waals surface area contributed by atoms with Gasteiger partial charge in [0.2, 0.25) is 0 Å². The first-order chi connectivity index (χ1) is 11.7. The molecule has 0 radical (unpaired) electrons. The minimum Gasteiger partial charge on any atom is -0.361 e. The molecular weight excluding hydrogens is 298 g/mol. The number of nitrogens with zero attached hydrogens (tertiary/aromatic N) is 2. The fourth-order valence-corrected chi connectivity index (χ4v) is 3.60. The van der Waals surface area contributed by atoms with E-state index < -0.39 is 0 Å². The second kappa shape index (κ2) is 6.11. The molecule has 4 rings (SSSR count). The van der Waals surface area contributed by atoms with Gasteiger partial charge in [0.25, 0.3) is 5.91 Å². The standard InChI is InChI=1S/C20H21N3O/c1-14-6-7-16(12-21-14)20(24)23-10-8-15(9-11-23)18-13-22-19-5-3-2-4-17(18)19/h2-7,12-13,15,22H,8-11H2,1H3. The van der Waals surface area contributed by atoms with E-state index in [0.717, 1.165) is 31.6 Å². The van der Waals surface area contributed by atoms with Gasteiger partial charge in [-0.2, -0.15) is 0 Å². The number of hydrogen-bond acceptors (Lipinski definition) is 2. The zero-order chi connectivity index (χ0) is 16.5. The van der Waals surface area contributed by atoms with Crippen LogP contribution in [-0.2, 0) is 0 Å². The van der Waals surface area contributed by atoms with Crippen LogP contribution in [0.4, 0.5) is 0 Å². The van der Waals surface area contributed by atoms with Crippen LogP contribution in [0.1, 0.15) is 40.4 Å². The maximum absolute atomic E-state index is 12.6. The van der Waals surface area contributed by atoms with Gasteiger partial charge in [-0.15, -0.1) is 0 Å². The summed E-state index contributed by atoms with van der Waals surface area (Å²) < 4.78 is 0. The zero-order valence-electron chi connectivity index (χ0n) is 13.8. The number of para-hydroxylation sites is 1. The van der Waals surface area contributed by atoms with Crippen LogP contribution in [-0.4, -0.2) is 33.9 Å². The van der Waals surface area contributed by atoms with E-state index in [9.17, 15) is 4.79 Å². The molecule has 0 unspecified atom stereocenters. The number of rotatable bonds is 2. The highest BCUT2D eigenvalue weighted by molar-refractivity contribution is 5.94. The van der Waals surface area contributed by atoms with Gasteiger partial charge in [-0.3, -0.25) is 9.78 Å². The Morgan fingerprint density at radius 1 is 1.17 bits per heavy atom. The molecule has 1 N–H and O–H groups in total. The average Bonchev–Trinajstić information content (AvgIpc) is 3.06. The van der Waals surface area contributed by atoms with Gasteiger partial charge >= 0.3 is 0 Å². The molecule has 0 spiro atoms. The van der Waals surface area contributed by atoms with Crippen molar-refractivity contribution in [3.05, 3.63) is 65.6 Å². The van der Waals surface area contributed by atoms with Crippen LogP contribution < -0.4 is 0 Å². The third-order valence-electron chi connectivity index (χ3n) is 5.00. The number of likely N-dealkylation sites (tertiary alicyclic amines) is 1. The number of piperidine rings is 1. The Kier molecular flexibility index (Phi) is 3.81. The molecule has 4 heteroatoms. The third-order valence-corrected chi connectivity index (χ3v) is 5.00. The Morgan fingerprint density at radius 2 is 1.96 bits per heavy atom. The van der Waals surface area contributed by atoms with Crippen molar-refractivity contribution >= 4 is 16.8 Å². The lowest BCUT2D eigenvalue weighted by molar-refractivity contribution is 0.0713. The Hall–Kier alpha value is -2.62. The number of amides is 1. The summed E-state index contributed by atoms with van der Waals surface area (Å²) in [4.78, 5) is 22.1. The molecule has 0 saturated carbocycles. The van der Waals surface area contributed by atoms with Crippen molar-refractivity contribution in [2.75, 3.05) is 13.1 Å². The second-order valence-corrected chi connectivity index (χ2v) is 6.54. The number of carbonyl (C=O) groups excluding carboxylic acids is 1. The zero-order valence-corrected chi connectivity index (χ0v) is 13.8. The molecule has 0 atom stereocenters. The molecule has 1 amide bonds. The number of aryl methyl sites for hydroxylation is 1. The second-order valence-electron chi connectivity index (χ2n) is 6.54. The van der Waals surface area contributed by atoms with Crippen LogP contribution in [0.5, 0.6) is 0 Å². The maximum Gasteiger partial charge on any atom is 0.255 e. The molecule has 1 aromatic carbocycles. The number of aromatic amines is 1. The van der Waals surface area contributed by atoms with E-state index in [2.05, 4.69) is 40.4 Å². The normalized spacial score (nSPS) is 15.8. The fraction of sp³-hybridized carbons (Fsp3) is 0.300. The minimum absolute atomic E-state index is 0.0971. The quantitative estimate of drug-likeness (QED) is 0.779. The summed E-state index contributed by atoms with van der Waals surface area (Å²) in [6, 6.07) is 12.2. The number of H-pyrrole nitrogens is 1. The van der Waals surface area contributed by atoms with Crippen LogP contribution in [0.2, 0.25) is 0 Å². The largest absolute Gasteiger partial charge is 0.361 e. The molecule has 3 aromatic rings. The van der Waals surface area contributed by atoms with Crippen molar-refractivity contribution in [2.45, 2.75) is 25.7 Å². The molecule has 1 fully saturated rings. The first-order valence-corrected chi connectivity index (χ1v) is 8.50. The molecule has 1 saturated heterocycles. The van der Waals surface area contributed by atoms with Gasteiger partial charge < -0.3 is 9.88 Å². The Labute approximate surface area is 141 Å². The van der Waals surface area contributed by atoms with Crippen molar-refractivity contribution < 1.29 is 4.79 Å². The number of benzene rings is 1. The number of fused-ring (bicyclic) bond motifs is 1. The number of nitrogens with one attached hydrogen (secondary N) is 1. The number of pyridine rings is 1. The van der Waals surface area contributed by atoms with Crippen molar-refractivity contribution in [2.24, 2.45) is 0 Å². The van der Waals surface area contributed by atoms with Gasteiger partial charge in [0.1, 0.15) is 0 Å². The van der Waals surface area contributed by atoms with E-state index in [1.54, 1.807) is 6.20 Å². The van der Waals surface area contributed by atoms with E-state index in [1.807, 2.05) is 24.0 Å². The van der Waals surface area contributed by atoms with Crippen molar-refractivity contribution in [3.8, 4) is 0 Å². The van der Waals surface area contributed by atoms with Crippen LogP contribution >= 0.6 is 0 Å². The molecular formula is C20H21N3O. The lowest BCUT2D eigenvalue weighted by Gasteiger charge is -2.32. The molecule has 2 aromatic heterocycles. The van der Waals surface area contributed by atoms with Crippen LogP contribution in [0.15, 0.2) is 48.8 Å². The Balaban J connectivity index is 1.47. The third kappa shape index (κ3) is 2.68. The molecule has 0 aliphatic carbocycles. The number of aromatic nitrogens is 2. The van der Waals surface area contributed by atoms with Gasteiger partial charge in [0, 0.05) is 42.1 Å². The lowest BCUT2D eigenvalue weighted by Crippen LogP contribution is -2.37. The predicted molar refractivity (Wildman–Crippen MR) is 95.2 cm³/mol. The van der Waals surface area contributed by atoms with Crippen molar-refractivity contribution in [3.63, 3.8) is 0 Å². The highest BCUT2D eigenvalue weighted by atomic mass is 16.2. The van der Waals surface area contributed by atoms with Gasteiger partial charge in [0.15, 0.2) is 0 Å². The van der Waals surface area contributed by atoms with Gasteiger partial charge in [-0.25, -0.2) is 0 Å². The summed E-state index contributed by atoms with van der Waals surface area (Å²) >= 11 is 0. The molecule has 3 heterocycles. The first kappa shape index (κ1) is 14.9. The summed E-state index contributed by atoms with van der Waals surface area (Å²) in [5.74, 6) is 0.612. The summed E-state index contributed by atoms with van der Waals surface area (Å²) in [6.45, 7) is 3.54. The molecule has 24 heavy (non-hydrogen) atoms. The molecule has 4 nitrogen and oxygen atoms in total. The topological polar surface area (TPSA) is 49.0 Å². The van der Waals surface area contributed by atoms with Gasteiger partial charge in [-0.1, -0.05) is 18.2 Å². The van der Waals surface area contributed by atoms with Crippen molar-refractivity contribution in [1.82, 2.24) is 14.9 Å². The van der Waals surface area contributed by atoms with E-state index in [0.29, 0.717) is 11.5 Å². The molecule has 1 aliphatic rings. The first-order valence-electron chi connectivity index (χ1n) is 8.50. The molecule has 0 bridgehead atoms. The predicted octanol–water partition coefficient (Wildman–Crippen LogP) is 3.89. The Morgan fingerprint density at radius 3 is 2.71 bits per heavy atom. The summed E-state index contributed by atoms with van der Waals surface area (Å²) in [6.07, 6.45) is 5.83. The van der Waals surface area contributed by atoms with E-state index in [4.69, 9.17) is 0 Å².